The summed E-state index contributed by atoms with van der Waals surface area (Å²) in [5.41, 5.74) is -5.50. The second-order valence-electron chi connectivity index (χ2n) is 6.40. The van der Waals surface area contributed by atoms with Gasteiger partial charge in [-0.15, -0.1) is 5.11 Å². The van der Waals surface area contributed by atoms with Crippen LogP contribution in [-0.2, 0) is 19.1 Å². The third-order valence-corrected chi connectivity index (χ3v) is 4.42. The van der Waals surface area contributed by atoms with Crippen molar-refractivity contribution in [3.8, 4) is 0 Å². The van der Waals surface area contributed by atoms with Crippen LogP contribution in [0.5, 0.6) is 0 Å². The Hall–Kier alpha value is -3.23. The Morgan fingerprint density at radius 3 is 2.24 bits per heavy atom. The zero-order valence-electron chi connectivity index (χ0n) is 16.4. The normalized spacial score (nSPS) is 12.9. The minimum absolute atomic E-state index is 0.0410. The summed E-state index contributed by atoms with van der Waals surface area (Å²) in [7, 11) is 1.50. The third kappa shape index (κ3) is 5.07. The number of hydrogen-bond acceptors (Lipinski definition) is 4. The number of carbonyl (C=O) groups is 1. The van der Waals surface area contributed by atoms with E-state index >= 15 is 0 Å². The molecule has 1 heterocycles. The first kappa shape index (κ1) is 26.0. The Bertz CT molecular complexity index is 1120. The van der Waals surface area contributed by atoms with Crippen LogP contribution in [0.1, 0.15) is 27.2 Å². The fourth-order valence-electron chi connectivity index (χ4n) is 2.59. The Morgan fingerprint density at radius 1 is 1.18 bits per heavy atom. The van der Waals surface area contributed by atoms with Crippen molar-refractivity contribution in [2.45, 2.75) is 18.3 Å². The molecule has 0 amide bonds. The quantitative estimate of drug-likeness (QED) is 0.300. The predicted octanol–water partition coefficient (Wildman–Crippen LogP) is 5.92. The summed E-state index contributed by atoms with van der Waals surface area (Å²) in [4.78, 5) is 11.1. The van der Waals surface area contributed by atoms with Crippen molar-refractivity contribution in [1.82, 2.24) is 9.78 Å². The fourth-order valence-corrected chi connectivity index (χ4v) is 2.79. The second-order valence-corrected chi connectivity index (χ2v) is 6.81. The summed E-state index contributed by atoms with van der Waals surface area (Å²) in [5, 5.41) is 18.8. The summed E-state index contributed by atoms with van der Waals surface area (Å²) in [6.45, 7) is 3.45. The number of aryl methyl sites for hydroxylation is 1. The standard InChI is InChI=1S/C17H12ClF8N5O2/c1-7(8-4-5-10(18)9(6-8)14(32)33)27-29-31(3)13-11(16(21,22)23)12(28-30(13)2)15(19,20)17(24,25)26/h4-6H,1H2,2-3H3,(H,32,33)/b29-27-. The molecule has 180 valence electrons. The van der Waals surface area contributed by atoms with Crippen molar-refractivity contribution in [1.29, 1.82) is 0 Å². The average Bonchev–Trinajstić information content (AvgIpc) is 3.03. The third-order valence-electron chi connectivity index (χ3n) is 4.09. The fraction of sp³-hybridized carbons (Fsp3) is 0.294. The second kappa shape index (κ2) is 8.61. The van der Waals surface area contributed by atoms with Gasteiger partial charge in [-0.2, -0.15) is 40.2 Å². The highest BCUT2D eigenvalue weighted by atomic mass is 35.5. The molecule has 2 aromatic rings. The van der Waals surface area contributed by atoms with Gasteiger partial charge in [-0.1, -0.05) is 29.5 Å². The van der Waals surface area contributed by atoms with Crippen LogP contribution in [0.25, 0.3) is 5.70 Å². The topological polar surface area (TPSA) is 83.1 Å². The molecule has 1 aromatic carbocycles. The van der Waals surface area contributed by atoms with E-state index in [1.165, 1.54) is 12.1 Å². The summed E-state index contributed by atoms with van der Waals surface area (Å²) >= 11 is 5.72. The van der Waals surface area contributed by atoms with Gasteiger partial charge in [-0.25, -0.2) is 9.80 Å². The van der Waals surface area contributed by atoms with E-state index in [2.05, 4.69) is 22.0 Å². The maximum absolute atomic E-state index is 13.7. The van der Waals surface area contributed by atoms with E-state index in [1.54, 1.807) is 0 Å². The molecule has 0 atom stereocenters. The molecular weight excluding hydrogens is 494 g/mol. The molecule has 33 heavy (non-hydrogen) atoms. The molecule has 2 rings (SSSR count). The number of aromatic nitrogens is 2. The SMILES string of the molecule is C=C(/N=N\N(C)c1c(C(F)(F)F)c(C(F)(F)C(F)(F)F)nn1C)c1ccc(Cl)c(C(=O)O)c1. The molecule has 16 heteroatoms. The molecule has 0 aliphatic carbocycles. The summed E-state index contributed by atoms with van der Waals surface area (Å²) in [6.07, 6.45) is -12.0. The van der Waals surface area contributed by atoms with Crippen molar-refractivity contribution < 1.29 is 45.0 Å². The van der Waals surface area contributed by atoms with E-state index in [9.17, 15) is 39.9 Å². The van der Waals surface area contributed by atoms with E-state index in [1.807, 2.05) is 0 Å². The Kier molecular flexibility index (Phi) is 6.79. The molecule has 7 nitrogen and oxygen atoms in total. The van der Waals surface area contributed by atoms with Crippen LogP contribution in [0.4, 0.5) is 40.9 Å². The number of rotatable bonds is 6. The number of alkyl halides is 8. The predicted molar refractivity (Wildman–Crippen MR) is 98.9 cm³/mol. The Balaban J connectivity index is 2.51. The lowest BCUT2D eigenvalue weighted by Crippen LogP contribution is -2.36. The van der Waals surface area contributed by atoms with Crippen LogP contribution in [0, 0.1) is 0 Å². The number of nitrogens with zero attached hydrogens (tertiary/aromatic N) is 5. The molecule has 0 fully saturated rings. The number of carboxylic acid groups (broad SMARTS) is 1. The van der Waals surface area contributed by atoms with Crippen LogP contribution in [0.2, 0.25) is 5.02 Å². The molecule has 1 aromatic heterocycles. The molecule has 0 spiro atoms. The first-order valence-electron chi connectivity index (χ1n) is 8.36. The van der Waals surface area contributed by atoms with Gasteiger partial charge in [0.25, 0.3) is 0 Å². The van der Waals surface area contributed by atoms with E-state index in [0.29, 0.717) is 7.05 Å². The van der Waals surface area contributed by atoms with Gasteiger partial charge in [0.1, 0.15) is 5.56 Å². The molecule has 0 radical (unpaired) electrons. The largest absolute Gasteiger partial charge is 0.478 e. The molecule has 0 saturated carbocycles. The maximum atomic E-state index is 13.7. The number of carboxylic acids is 1. The van der Waals surface area contributed by atoms with Crippen molar-refractivity contribution in [2.24, 2.45) is 17.4 Å². The molecule has 0 aliphatic heterocycles. The molecular formula is C17H12ClF8N5O2. The van der Waals surface area contributed by atoms with E-state index in [4.69, 9.17) is 16.7 Å². The zero-order valence-corrected chi connectivity index (χ0v) is 17.2. The van der Waals surface area contributed by atoms with Crippen LogP contribution < -0.4 is 5.01 Å². The van der Waals surface area contributed by atoms with Gasteiger partial charge in [0.15, 0.2) is 11.5 Å². The van der Waals surface area contributed by atoms with Crippen molar-refractivity contribution in [2.75, 3.05) is 12.1 Å². The molecule has 0 unspecified atom stereocenters. The van der Waals surface area contributed by atoms with Crippen molar-refractivity contribution in [3.05, 3.63) is 52.2 Å². The number of aromatic carboxylic acids is 1. The van der Waals surface area contributed by atoms with Gasteiger partial charge in [0, 0.05) is 19.7 Å². The van der Waals surface area contributed by atoms with Crippen LogP contribution in [-0.4, -0.2) is 34.1 Å². The average molecular weight is 506 g/mol. The van der Waals surface area contributed by atoms with E-state index in [-0.39, 0.29) is 31.5 Å². The lowest BCUT2D eigenvalue weighted by molar-refractivity contribution is -0.292. The van der Waals surface area contributed by atoms with Crippen molar-refractivity contribution >= 4 is 29.1 Å². The van der Waals surface area contributed by atoms with Gasteiger partial charge < -0.3 is 5.11 Å². The number of anilines is 1. The van der Waals surface area contributed by atoms with Crippen LogP contribution >= 0.6 is 11.6 Å². The lowest BCUT2D eigenvalue weighted by Gasteiger charge is -2.20. The summed E-state index contributed by atoms with van der Waals surface area (Å²) in [6, 6.07) is 3.49. The van der Waals surface area contributed by atoms with Gasteiger partial charge in [0.2, 0.25) is 0 Å². The highest BCUT2D eigenvalue weighted by Crippen LogP contribution is 2.50. The first-order chi connectivity index (χ1) is 14.9. The van der Waals surface area contributed by atoms with Crippen LogP contribution in [0.15, 0.2) is 35.1 Å². The highest BCUT2D eigenvalue weighted by molar-refractivity contribution is 6.33. The van der Waals surface area contributed by atoms with Crippen LogP contribution in [0.3, 0.4) is 0 Å². The maximum Gasteiger partial charge on any atom is 0.459 e. The number of halogens is 9. The molecule has 1 N–H and O–H groups in total. The molecule has 0 aliphatic rings. The Morgan fingerprint density at radius 2 is 1.76 bits per heavy atom. The summed E-state index contributed by atoms with van der Waals surface area (Å²) < 4.78 is 106. The number of hydrogen-bond donors (Lipinski definition) is 1. The smallest absolute Gasteiger partial charge is 0.459 e. The van der Waals surface area contributed by atoms with E-state index < -0.39 is 41.3 Å². The highest BCUT2D eigenvalue weighted by Gasteiger charge is 2.64. The zero-order chi connectivity index (χ0) is 25.5. The van der Waals surface area contributed by atoms with Gasteiger partial charge in [-0.05, 0) is 12.1 Å². The van der Waals surface area contributed by atoms with Gasteiger partial charge in [0.05, 0.1) is 16.3 Å². The molecule has 0 saturated heterocycles. The monoisotopic (exact) mass is 505 g/mol. The minimum Gasteiger partial charge on any atom is -0.478 e. The van der Waals surface area contributed by atoms with Gasteiger partial charge >= 0.3 is 24.2 Å². The van der Waals surface area contributed by atoms with E-state index in [0.717, 1.165) is 13.1 Å². The van der Waals surface area contributed by atoms with Gasteiger partial charge in [-0.3, -0.25) is 4.68 Å². The molecule has 0 bridgehead atoms. The first-order valence-corrected chi connectivity index (χ1v) is 8.74. The van der Waals surface area contributed by atoms with Crippen molar-refractivity contribution in [3.63, 3.8) is 0 Å². The summed E-state index contributed by atoms with van der Waals surface area (Å²) in [5.74, 6) is -8.57. The lowest BCUT2D eigenvalue weighted by atomic mass is 10.1. The Labute approximate surface area is 184 Å². The number of benzene rings is 1. The minimum atomic E-state index is -6.34.